The molecule has 0 spiro atoms. The molecular weight excluding hydrogens is 416 g/mol. The molecule has 0 saturated carbocycles. The predicted octanol–water partition coefficient (Wildman–Crippen LogP) is -2.09. The van der Waals surface area contributed by atoms with E-state index in [-0.39, 0.29) is 52.9 Å². The van der Waals surface area contributed by atoms with Gasteiger partial charge < -0.3 is 48.8 Å². The summed E-state index contributed by atoms with van der Waals surface area (Å²) in [5.41, 5.74) is 0. The van der Waals surface area contributed by atoms with E-state index in [0.29, 0.717) is 0 Å². The fourth-order valence-corrected chi connectivity index (χ4v) is 2.29. The molecule has 4 N–H and O–H groups in total. The molecule has 4 atom stereocenters. The van der Waals surface area contributed by atoms with Gasteiger partial charge in [-0.25, -0.2) is 19.2 Å². The lowest BCUT2D eigenvalue weighted by atomic mass is 10.2. The first-order chi connectivity index (χ1) is 14.3. The highest BCUT2D eigenvalue weighted by molar-refractivity contribution is 5.84. The van der Waals surface area contributed by atoms with Crippen LogP contribution in [0.25, 0.3) is 0 Å². The Balaban J connectivity index is 2.77. The molecule has 30 heavy (non-hydrogen) atoms. The Morgan fingerprint density at radius 1 is 0.433 bits per heavy atom. The summed E-state index contributed by atoms with van der Waals surface area (Å²) in [6.45, 7) is -1.88. The van der Waals surface area contributed by atoms with E-state index >= 15 is 0 Å². The molecule has 14 nitrogen and oxygen atoms in total. The lowest BCUT2D eigenvalue weighted by molar-refractivity contribution is -0.183. The van der Waals surface area contributed by atoms with Gasteiger partial charge in [0.05, 0.1) is 52.9 Å². The van der Waals surface area contributed by atoms with Crippen molar-refractivity contribution < 1.29 is 68.0 Å². The van der Waals surface area contributed by atoms with Crippen LogP contribution in [-0.4, -0.2) is 122 Å². The van der Waals surface area contributed by atoms with Crippen molar-refractivity contribution in [2.45, 2.75) is 24.4 Å². The first kappa shape index (κ1) is 25.7. The minimum absolute atomic E-state index is 0.167. The number of rotatable bonds is 4. The summed E-state index contributed by atoms with van der Waals surface area (Å²) in [6, 6.07) is 0. The van der Waals surface area contributed by atoms with Crippen molar-refractivity contribution >= 4 is 23.9 Å². The van der Waals surface area contributed by atoms with Gasteiger partial charge in [-0.05, 0) is 0 Å². The quantitative estimate of drug-likeness (QED) is 0.370. The second kappa shape index (κ2) is 13.8. The minimum Gasteiger partial charge on any atom is -0.479 e. The molecule has 1 aliphatic heterocycles. The number of carbonyl (C=O) groups is 4. The number of carboxylic acids is 4. The topological polar surface area (TPSA) is 205 Å². The Kier molecular flexibility index (Phi) is 11.8. The Morgan fingerprint density at radius 2 is 0.633 bits per heavy atom. The maximum atomic E-state index is 11.3. The van der Waals surface area contributed by atoms with Crippen LogP contribution in [0.15, 0.2) is 0 Å². The van der Waals surface area contributed by atoms with E-state index in [1.54, 1.807) is 0 Å². The number of hydrogen-bond acceptors (Lipinski definition) is 10. The smallest absolute Gasteiger partial charge is 0.336 e. The van der Waals surface area contributed by atoms with Crippen LogP contribution in [0.5, 0.6) is 0 Å². The Bertz CT molecular complexity index is 480. The third-order valence-corrected chi connectivity index (χ3v) is 3.62. The molecule has 172 valence electrons. The van der Waals surface area contributed by atoms with Gasteiger partial charge in [0.15, 0.2) is 24.4 Å². The van der Waals surface area contributed by atoms with Gasteiger partial charge in [0.2, 0.25) is 0 Å². The summed E-state index contributed by atoms with van der Waals surface area (Å²) in [5, 5.41) is 36.7. The molecule has 0 aliphatic carbocycles. The van der Waals surface area contributed by atoms with Gasteiger partial charge in [-0.3, -0.25) is 0 Å². The van der Waals surface area contributed by atoms with Gasteiger partial charge in [-0.2, -0.15) is 0 Å². The average molecular weight is 440 g/mol. The van der Waals surface area contributed by atoms with Gasteiger partial charge in [0.25, 0.3) is 0 Å². The van der Waals surface area contributed by atoms with E-state index in [9.17, 15) is 39.6 Å². The molecule has 1 heterocycles. The van der Waals surface area contributed by atoms with Crippen molar-refractivity contribution in [2.24, 2.45) is 0 Å². The Morgan fingerprint density at radius 3 is 0.800 bits per heavy atom. The van der Waals surface area contributed by atoms with Crippen molar-refractivity contribution in [2.75, 3.05) is 52.9 Å². The number of ether oxygens (including phenoxy) is 6. The molecule has 1 fully saturated rings. The van der Waals surface area contributed by atoms with E-state index in [0.717, 1.165) is 0 Å². The number of carboxylic acid groups (broad SMARTS) is 4. The molecule has 1 saturated heterocycles. The fourth-order valence-electron chi connectivity index (χ4n) is 2.29. The molecule has 0 bridgehead atoms. The molecular formula is C16H24O14. The van der Waals surface area contributed by atoms with Gasteiger partial charge >= 0.3 is 23.9 Å². The fraction of sp³-hybridized carbons (Fsp3) is 0.750. The summed E-state index contributed by atoms with van der Waals surface area (Å²) < 4.78 is 30.3. The second-order valence-corrected chi connectivity index (χ2v) is 5.74. The Hall–Kier alpha value is -2.36. The van der Waals surface area contributed by atoms with E-state index in [4.69, 9.17) is 28.4 Å². The molecule has 0 unspecified atom stereocenters. The molecule has 1 rings (SSSR count). The zero-order valence-corrected chi connectivity index (χ0v) is 15.8. The van der Waals surface area contributed by atoms with Crippen LogP contribution in [0, 0.1) is 0 Å². The van der Waals surface area contributed by atoms with Gasteiger partial charge in [-0.1, -0.05) is 0 Å². The summed E-state index contributed by atoms with van der Waals surface area (Å²) in [4.78, 5) is 45.2. The van der Waals surface area contributed by atoms with Crippen molar-refractivity contribution in [1.82, 2.24) is 0 Å². The van der Waals surface area contributed by atoms with Gasteiger partial charge in [0.1, 0.15) is 0 Å². The first-order valence-electron chi connectivity index (χ1n) is 8.78. The van der Waals surface area contributed by atoms with E-state index in [1.165, 1.54) is 0 Å². The summed E-state index contributed by atoms with van der Waals surface area (Å²) in [6.07, 6.45) is -7.18. The maximum absolute atomic E-state index is 11.3. The third kappa shape index (κ3) is 8.98. The summed E-state index contributed by atoms with van der Waals surface area (Å²) in [5.74, 6) is -6.17. The van der Waals surface area contributed by atoms with Crippen molar-refractivity contribution in [3.8, 4) is 0 Å². The maximum Gasteiger partial charge on any atom is 0.336 e. The lowest BCUT2D eigenvalue weighted by Crippen LogP contribution is -2.45. The van der Waals surface area contributed by atoms with E-state index in [1.807, 2.05) is 0 Å². The molecule has 14 heteroatoms. The molecule has 1 aliphatic rings. The van der Waals surface area contributed by atoms with Crippen molar-refractivity contribution in [3.63, 3.8) is 0 Å². The van der Waals surface area contributed by atoms with Crippen LogP contribution < -0.4 is 0 Å². The normalized spacial score (nSPS) is 28.5. The summed E-state index contributed by atoms with van der Waals surface area (Å²) in [7, 11) is 0. The van der Waals surface area contributed by atoms with Crippen LogP contribution in [0.3, 0.4) is 0 Å². The van der Waals surface area contributed by atoms with Gasteiger partial charge in [0, 0.05) is 0 Å². The average Bonchev–Trinajstić information content (AvgIpc) is 2.66. The van der Waals surface area contributed by atoms with Crippen LogP contribution in [0.2, 0.25) is 0 Å². The van der Waals surface area contributed by atoms with Crippen molar-refractivity contribution in [3.05, 3.63) is 0 Å². The SMILES string of the molecule is O=C(O)[C@H]1OCCOCCO[C@H](C(=O)O)[C@@H](C(=O)O)OCCOCCO[C@@H]1C(=O)O. The molecule has 0 amide bonds. The van der Waals surface area contributed by atoms with Crippen LogP contribution >= 0.6 is 0 Å². The standard InChI is InChI=1S/C16H24O14/c17-13(18)9-10(14(19)20)29-7-3-26-4-8-30-12(16(23)24)11(15(21)22)28-6-2-25-1-5-27-9/h9-12H,1-8H2,(H,17,18)(H,19,20)(H,21,22)(H,23,24)/t9-,10-,11-,12-/m0/s1. The molecule has 0 aromatic heterocycles. The zero-order valence-electron chi connectivity index (χ0n) is 15.8. The highest BCUT2D eigenvalue weighted by Crippen LogP contribution is 2.08. The Labute approximate surface area is 170 Å². The monoisotopic (exact) mass is 440 g/mol. The first-order valence-corrected chi connectivity index (χ1v) is 8.78. The lowest BCUT2D eigenvalue weighted by Gasteiger charge is -2.23. The minimum atomic E-state index is -1.79. The number of aliphatic carboxylic acids is 4. The van der Waals surface area contributed by atoms with E-state index in [2.05, 4.69) is 0 Å². The molecule has 0 aromatic carbocycles. The highest BCUT2D eigenvalue weighted by atomic mass is 16.6. The zero-order chi connectivity index (χ0) is 22.5. The number of hydrogen-bond donors (Lipinski definition) is 4. The summed E-state index contributed by atoms with van der Waals surface area (Å²) >= 11 is 0. The van der Waals surface area contributed by atoms with E-state index < -0.39 is 48.3 Å². The van der Waals surface area contributed by atoms with Crippen LogP contribution in [0.1, 0.15) is 0 Å². The predicted molar refractivity (Wildman–Crippen MR) is 91.1 cm³/mol. The molecule has 0 radical (unpaired) electrons. The third-order valence-electron chi connectivity index (χ3n) is 3.62. The second-order valence-electron chi connectivity index (χ2n) is 5.74. The van der Waals surface area contributed by atoms with Crippen LogP contribution in [0.4, 0.5) is 0 Å². The largest absolute Gasteiger partial charge is 0.479 e. The molecule has 0 aromatic rings. The van der Waals surface area contributed by atoms with Gasteiger partial charge in [-0.15, -0.1) is 0 Å². The van der Waals surface area contributed by atoms with Crippen molar-refractivity contribution in [1.29, 1.82) is 0 Å². The van der Waals surface area contributed by atoms with Crippen LogP contribution in [-0.2, 0) is 47.6 Å². The highest BCUT2D eigenvalue weighted by Gasteiger charge is 2.37.